The van der Waals surface area contributed by atoms with Crippen LogP contribution in [-0.4, -0.2) is 115 Å². The van der Waals surface area contributed by atoms with E-state index >= 15 is 0 Å². The number of halogens is 2. The molecule has 9 rings (SSSR count). The number of nitrogens with zero attached hydrogens (tertiary/aromatic N) is 8. The molecule has 69 heavy (non-hydrogen) atoms. The average molecular weight is 948 g/mol. The Kier molecular flexibility index (Phi) is 14.1. The van der Waals surface area contributed by atoms with Crippen molar-refractivity contribution in [1.82, 2.24) is 50.3 Å². The van der Waals surface area contributed by atoms with E-state index in [1.165, 1.54) is 36.0 Å². The van der Waals surface area contributed by atoms with E-state index in [1.54, 1.807) is 53.5 Å². The van der Waals surface area contributed by atoms with Gasteiger partial charge in [-0.15, -0.1) is 5.10 Å². The minimum atomic E-state index is -2.95. The number of ether oxygens (including phenoxy) is 2. The van der Waals surface area contributed by atoms with Gasteiger partial charge in [0.15, 0.2) is 11.4 Å². The van der Waals surface area contributed by atoms with Gasteiger partial charge in [0.25, 0.3) is 24.1 Å². The molecule has 5 N–H and O–H groups in total. The third kappa shape index (κ3) is 11.3. The van der Waals surface area contributed by atoms with Crippen molar-refractivity contribution >= 4 is 46.7 Å². The van der Waals surface area contributed by atoms with Crippen molar-refractivity contribution in [2.75, 3.05) is 55.5 Å². The largest absolute Gasteiger partial charge is 0.444 e. The molecule has 358 valence electrons. The van der Waals surface area contributed by atoms with Crippen LogP contribution in [0.1, 0.15) is 80.3 Å². The molecule has 0 bridgehead atoms. The highest BCUT2D eigenvalue weighted by molar-refractivity contribution is 6.23. The molecular weight excluding hydrogens is 901 g/mol. The molecule has 5 amide bonds. The number of benzene rings is 2. The zero-order chi connectivity index (χ0) is 47.9. The topological polar surface area (TPSA) is 255 Å². The summed E-state index contributed by atoms with van der Waals surface area (Å²) in [6.07, 6.45) is 5.46. The third-order valence-electron chi connectivity index (χ3n) is 11.5. The normalized spacial score (nSPS) is 15.8. The molecule has 2 fully saturated rings. The van der Waals surface area contributed by atoms with E-state index in [2.05, 4.69) is 52.0 Å². The molecule has 1 saturated carbocycles. The number of rotatable bonds is 23. The number of anilines is 3. The predicted molar refractivity (Wildman–Crippen MR) is 241 cm³/mol. The van der Waals surface area contributed by atoms with E-state index < -0.39 is 47.7 Å². The van der Waals surface area contributed by atoms with Crippen molar-refractivity contribution in [2.45, 2.75) is 57.8 Å². The van der Waals surface area contributed by atoms with Gasteiger partial charge in [-0.25, -0.2) is 28.1 Å². The first-order chi connectivity index (χ1) is 33.6. The summed E-state index contributed by atoms with van der Waals surface area (Å²) < 4.78 is 47.9. The van der Waals surface area contributed by atoms with Gasteiger partial charge in [-0.2, -0.15) is 5.10 Å². The van der Waals surface area contributed by atoms with Crippen LogP contribution in [0.2, 0.25) is 0 Å². The number of nitrogens with one attached hydrogen (secondary N) is 5. The molecule has 6 aromatic rings. The standard InChI is InChI=1S/C46H47F2N13O8/c47-41(48)40-35(53-42(63)36-26-69-44(54-36)29-11-12-50-38(19-29)52-22-28-1-2-28)25-60(57-40)32-6-3-27(4-7-32)21-49-13-15-67-17-18-68-16-14-59-24-31(56-58-59)23-51-30-5-8-33-34(20-30)46(66)61(45(33)65)37-9-10-39(62)55-43(37)64/h3-8,11-12,19-20,24-26,28,37,41,49,51H,1-2,9-10,13-18,21-23H2,(H,50,52)(H,53,63)(H,55,62,64). The Labute approximate surface area is 392 Å². The van der Waals surface area contributed by atoms with Crippen LogP contribution >= 0.6 is 0 Å². The van der Waals surface area contributed by atoms with E-state index in [0.29, 0.717) is 87.0 Å². The summed E-state index contributed by atoms with van der Waals surface area (Å²) in [5.74, 6) is -1.46. The number of piperidine rings is 1. The monoisotopic (exact) mass is 947 g/mol. The van der Waals surface area contributed by atoms with Crippen LogP contribution in [-0.2, 0) is 38.7 Å². The van der Waals surface area contributed by atoms with Gasteiger partial charge >= 0.3 is 0 Å². The number of hydrogen-bond donors (Lipinski definition) is 5. The van der Waals surface area contributed by atoms with Gasteiger partial charge in [0.2, 0.25) is 17.7 Å². The van der Waals surface area contributed by atoms with Crippen LogP contribution in [0.15, 0.2) is 83.9 Å². The van der Waals surface area contributed by atoms with Crippen LogP contribution in [0.25, 0.3) is 17.1 Å². The molecule has 1 aliphatic carbocycles. The predicted octanol–water partition coefficient (Wildman–Crippen LogP) is 4.36. The van der Waals surface area contributed by atoms with Gasteiger partial charge in [-0.1, -0.05) is 17.3 Å². The van der Waals surface area contributed by atoms with Crippen LogP contribution in [0.5, 0.6) is 0 Å². The number of aromatic nitrogens is 7. The van der Waals surface area contributed by atoms with Crippen LogP contribution < -0.4 is 26.6 Å². The fourth-order valence-corrected chi connectivity index (χ4v) is 7.63. The Morgan fingerprint density at radius 3 is 2.51 bits per heavy atom. The lowest BCUT2D eigenvalue weighted by atomic mass is 10.0. The number of fused-ring (bicyclic) bond motifs is 1. The smallest absolute Gasteiger partial charge is 0.284 e. The number of alkyl halides is 2. The zero-order valence-electron chi connectivity index (χ0n) is 37.0. The number of carbonyl (C=O) groups is 5. The Morgan fingerprint density at radius 2 is 1.71 bits per heavy atom. The molecule has 1 unspecified atom stereocenters. The lowest BCUT2D eigenvalue weighted by molar-refractivity contribution is -0.136. The van der Waals surface area contributed by atoms with E-state index in [1.807, 2.05) is 12.1 Å². The van der Waals surface area contributed by atoms with Gasteiger partial charge in [-0.05, 0) is 73.2 Å². The Bertz CT molecular complexity index is 2840. The average Bonchev–Trinajstić information content (AvgIpc) is 3.63. The number of imide groups is 2. The number of oxazole rings is 1. The van der Waals surface area contributed by atoms with Crippen molar-refractivity contribution in [3.05, 3.63) is 113 Å². The first-order valence-electron chi connectivity index (χ1n) is 22.3. The van der Waals surface area contributed by atoms with Gasteiger partial charge in [-0.3, -0.25) is 34.2 Å². The number of carbonyl (C=O) groups excluding carboxylic acids is 5. The fourth-order valence-electron chi connectivity index (χ4n) is 7.63. The summed E-state index contributed by atoms with van der Waals surface area (Å²) >= 11 is 0. The van der Waals surface area contributed by atoms with Crippen molar-refractivity contribution in [1.29, 1.82) is 0 Å². The highest BCUT2D eigenvalue weighted by Gasteiger charge is 2.44. The Hall–Kier alpha value is -7.76. The molecule has 3 aliphatic rings. The molecular formula is C46H47F2N13O8. The van der Waals surface area contributed by atoms with Crippen LogP contribution in [0.4, 0.5) is 26.0 Å². The zero-order valence-corrected chi connectivity index (χ0v) is 37.0. The molecule has 4 aromatic heterocycles. The number of amides is 5. The Balaban J connectivity index is 0.646. The molecule has 21 nitrogen and oxygen atoms in total. The summed E-state index contributed by atoms with van der Waals surface area (Å²) in [4.78, 5) is 72.6. The maximum atomic E-state index is 14.0. The van der Waals surface area contributed by atoms with Crippen molar-refractivity contribution in [2.24, 2.45) is 5.92 Å². The van der Waals surface area contributed by atoms with Gasteiger partial charge in [0.1, 0.15) is 23.8 Å². The molecule has 2 aromatic carbocycles. The third-order valence-corrected chi connectivity index (χ3v) is 11.5. The quantitative estimate of drug-likeness (QED) is 0.0442. The minimum absolute atomic E-state index is 0.0468. The molecule has 2 aliphatic heterocycles. The van der Waals surface area contributed by atoms with Crippen LogP contribution in [0, 0.1) is 5.92 Å². The minimum Gasteiger partial charge on any atom is -0.444 e. The van der Waals surface area contributed by atoms with E-state index in [0.717, 1.165) is 17.0 Å². The molecule has 0 radical (unpaired) electrons. The summed E-state index contributed by atoms with van der Waals surface area (Å²) in [5.41, 5.74) is 2.86. The lowest BCUT2D eigenvalue weighted by Crippen LogP contribution is -2.54. The van der Waals surface area contributed by atoms with E-state index in [-0.39, 0.29) is 41.2 Å². The first-order valence-corrected chi connectivity index (χ1v) is 22.3. The van der Waals surface area contributed by atoms with Gasteiger partial charge < -0.3 is 35.2 Å². The van der Waals surface area contributed by atoms with Gasteiger partial charge in [0.05, 0.1) is 74.4 Å². The lowest BCUT2D eigenvalue weighted by Gasteiger charge is -2.27. The van der Waals surface area contributed by atoms with E-state index in [4.69, 9.17) is 13.9 Å². The fraction of sp³-hybridized carbons (Fsp3) is 0.348. The summed E-state index contributed by atoms with van der Waals surface area (Å²) in [5, 5.41) is 26.8. The molecule has 23 heteroatoms. The molecule has 1 atom stereocenters. The molecule has 6 heterocycles. The van der Waals surface area contributed by atoms with E-state index in [9.17, 15) is 32.8 Å². The van der Waals surface area contributed by atoms with Crippen molar-refractivity contribution in [3.8, 4) is 17.1 Å². The van der Waals surface area contributed by atoms with Crippen molar-refractivity contribution in [3.63, 3.8) is 0 Å². The second-order valence-electron chi connectivity index (χ2n) is 16.5. The second-order valence-corrected chi connectivity index (χ2v) is 16.5. The summed E-state index contributed by atoms with van der Waals surface area (Å²) in [7, 11) is 0. The SMILES string of the molecule is O=C1CCC(N2C(=O)c3ccc(NCc4cn(CCOCCOCCNCc5ccc(-n6cc(NC(=O)c7coc(-c8ccnc(NCC9CC9)c8)n7)c(C(F)F)n6)cc5)nn4)cc3C2=O)C(=O)N1. The summed E-state index contributed by atoms with van der Waals surface area (Å²) in [6.45, 7) is 4.30. The van der Waals surface area contributed by atoms with Gasteiger partial charge in [0, 0.05) is 43.5 Å². The molecule has 0 spiro atoms. The summed E-state index contributed by atoms with van der Waals surface area (Å²) in [6, 6.07) is 14.4. The maximum absolute atomic E-state index is 14.0. The highest BCUT2D eigenvalue weighted by atomic mass is 19.3. The first kappa shape index (κ1) is 46.4. The molecule has 1 saturated heterocycles. The number of hydrogen-bond acceptors (Lipinski definition) is 16. The van der Waals surface area contributed by atoms with Crippen molar-refractivity contribution < 1.29 is 46.6 Å². The van der Waals surface area contributed by atoms with Crippen LogP contribution in [0.3, 0.4) is 0 Å². The maximum Gasteiger partial charge on any atom is 0.284 e. The highest BCUT2D eigenvalue weighted by Crippen LogP contribution is 2.32. The Morgan fingerprint density at radius 1 is 0.899 bits per heavy atom. The second kappa shape index (κ2) is 21.0. The number of pyridine rings is 1.